The molecule has 0 fully saturated rings. The van der Waals surface area contributed by atoms with Crippen molar-refractivity contribution in [1.29, 1.82) is 0 Å². The summed E-state index contributed by atoms with van der Waals surface area (Å²) in [6.45, 7) is 2.08. The summed E-state index contributed by atoms with van der Waals surface area (Å²) in [6.07, 6.45) is 1.75. The lowest BCUT2D eigenvalue weighted by Crippen LogP contribution is -2.08. The van der Waals surface area contributed by atoms with E-state index in [4.69, 9.17) is 0 Å². The van der Waals surface area contributed by atoms with Crippen LogP contribution < -0.4 is 10.3 Å². The number of thioether (sulfide) groups is 1. The van der Waals surface area contributed by atoms with E-state index in [2.05, 4.69) is 73.9 Å². The van der Waals surface area contributed by atoms with Crippen LogP contribution in [0.4, 0.5) is 11.6 Å². The van der Waals surface area contributed by atoms with Gasteiger partial charge in [-0.3, -0.25) is 0 Å². The van der Waals surface area contributed by atoms with Crippen LogP contribution in [0.25, 0.3) is 0 Å². The van der Waals surface area contributed by atoms with Crippen LogP contribution in [0.15, 0.2) is 58.8 Å². The third kappa shape index (κ3) is 5.10. The van der Waals surface area contributed by atoms with Gasteiger partial charge in [-0.2, -0.15) is 10.1 Å². The number of aromatic amines is 1. The van der Waals surface area contributed by atoms with Crippen molar-refractivity contribution in [3.05, 3.63) is 65.2 Å². The maximum Gasteiger partial charge on any atom is 0.240 e. The Bertz CT molecular complexity index is 852. The summed E-state index contributed by atoms with van der Waals surface area (Å²) >= 11 is 1.58. The molecular weight excluding hydrogens is 344 g/mol. The van der Waals surface area contributed by atoms with Crippen LogP contribution >= 0.6 is 11.8 Å². The average molecular weight is 366 g/mol. The highest BCUT2D eigenvalue weighted by Gasteiger charge is 2.03. The maximum absolute atomic E-state index is 4.38. The highest BCUT2D eigenvalue weighted by Crippen LogP contribution is 2.20. The zero-order valence-electron chi connectivity index (χ0n) is 15.1. The van der Waals surface area contributed by atoms with Gasteiger partial charge in [0.1, 0.15) is 0 Å². The van der Waals surface area contributed by atoms with Gasteiger partial charge in [-0.1, -0.05) is 53.7 Å². The minimum absolute atomic E-state index is 0.526. The Hall–Kier alpha value is -2.80. The fraction of sp³-hybridized carbons (Fsp3) is 0.211. The highest BCUT2D eigenvalue weighted by atomic mass is 32.2. The van der Waals surface area contributed by atoms with Gasteiger partial charge in [0, 0.05) is 25.5 Å². The van der Waals surface area contributed by atoms with Crippen LogP contribution in [0, 0.1) is 6.92 Å². The number of nitrogens with one attached hydrogen (secondary N) is 2. The predicted molar refractivity (Wildman–Crippen MR) is 109 cm³/mol. The third-order valence-corrected chi connectivity index (χ3v) is 4.67. The molecule has 1 heterocycles. The first-order valence-corrected chi connectivity index (χ1v) is 9.26. The molecule has 0 unspecified atom stereocenters. The molecule has 7 heteroatoms. The fourth-order valence-electron chi connectivity index (χ4n) is 2.22. The molecule has 0 radical (unpaired) electrons. The molecule has 26 heavy (non-hydrogen) atoms. The summed E-state index contributed by atoms with van der Waals surface area (Å²) in [5.74, 6) is 1.36. The van der Waals surface area contributed by atoms with Crippen LogP contribution in [-0.4, -0.2) is 35.5 Å². The fourth-order valence-corrected chi connectivity index (χ4v) is 2.97. The first-order chi connectivity index (χ1) is 12.6. The molecule has 134 valence electrons. The zero-order valence-corrected chi connectivity index (χ0v) is 15.9. The Morgan fingerprint density at radius 1 is 1.12 bits per heavy atom. The number of rotatable bonds is 7. The molecule has 1 aromatic heterocycles. The zero-order chi connectivity index (χ0) is 18.4. The molecule has 0 aliphatic rings. The van der Waals surface area contributed by atoms with Crippen molar-refractivity contribution in [3.63, 3.8) is 0 Å². The van der Waals surface area contributed by atoms with Gasteiger partial charge in [0.15, 0.2) is 0 Å². The van der Waals surface area contributed by atoms with Gasteiger partial charge in [-0.15, -0.1) is 5.10 Å². The lowest BCUT2D eigenvalue weighted by Gasteiger charge is -2.11. The number of aryl methyl sites for hydroxylation is 1. The number of nitrogens with zero attached hydrogens (tertiary/aromatic N) is 4. The Balaban J connectivity index is 1.50. The summed E-state index contributed by atoms with van der Waals surface area (Å²) in [5, 5.41) is 11.9. The Morgan fingerprint density at radius 3 is 2.54 bits per heavy atom. The molecule has 0 bridgehead atoms. The second-order valence-electron chi connectivity index (χ2n) is 6.10. The summed E-state index contributed by atoms with van der Waals surface area (Å²) in [7, 11) is 4.03. The van der Waals surface area contributed by atoms with Crippen LogP contribution in [0.3, 0.4) is 0 Å². The van der Waals surface area contributed by atoms with E-state index in [0.29, 0.717) is 11.1 Å². The Morgan fingerprint density at radius 2 is 1.85 bits per heavy atom. The molecule has 2 N–H and O–H groups in total. The second kappa shape index (κ2) is 8.53. The van der Waals surface area contributed by atoms with E-state index in [-0.39, 0.29) is 0 Å². The molecule has 0 aliphatic carbocycles. The molecule has 0 spiro atoms. The summed E-state index contributed by atoms with van der Waals surface area (Å²) in [4.78, 5) is 6.44. The van der Waals surface area contributed by atoms with Crippen molar-refractivity contribution in [2.24, 2.45) is 5.10 Å². The first kappa shape index (κ1) is 18.0. The standard InChI is InChI=1S/C19H22N6S/c1-14-4-6-16(7-5-14)13-26-19-21-18(23-24-19)22-20-12-15-8-10-17(11-9-15)25(2)3/h4-12H,13H2,1-3H3,(H2,21,22,23,24)/b20-12-. The van der Waals surface area contributed by atoms with Crippen molar-refractivity contribution in [3.8, 4) is 0 Å². The monoisotopic (exact) mass is 366 g/mol. The predicted octanol–water partition coefficient (Wildman–Crippen LogP) is 3.92. The molecule has 0 saturated carbocycles. The van der Waals surface area contributed by atoms with E-state index in [9.17, 15) is 0 Å². The van der Waals surface area contributed by atoms with E-state index >= 15 is 0 Å². The van der Waals surface area contributed by atoms with Gasteiger partial charge in [0.2, 0.25) is 11.1 Å². The topological polar surface area (TPSA) is 69.2 Å². The smallest absolute Gasteiger partial charge is 0.240 e. The highest BCUT2D eigenvalue weighted by molar-refractivity contribution is 7.98. The SMILES string of the molecule is Cc1ccc(CSc2n[nH]c(N/N=C\c3ccc(N(C)C)cc3)n2)cc1. The summed E-state index contributed by atoms with van der Waals surface area (Å²) in [5.41, 5.74) is 7.55. The van der Waals surface area contributed by atoms with Crippen molar-refractivity contribution in [2.75, 3.05) is 24.4 Å². The van der Waals surface area contributed by atoms with Crippen molar-refractivity contribution in [1.82, 2.24) is 15.2 Å². The number of hydrogen-bond donors (Lipinski definition) is 2. The summed E-state index contributed by atoms with van der Waals surface area (Å²) in [6, 6.07) is 16.6. The van der Waals surface area contributed by atoms with Crippen molar-refractivity contribution < 1.29 is 0 Å². The maximum atomic E-state index is 4.38. The third-order valence-electron chi connectivity index (χ3n) is 3.75. The number of benzene rings is 2. The first-order valence-electron chi connectivity index (χ1n) is 8.27. The molecule has 0 saturated heterocycles. The quantitative estimate of drug-likeness (QED) is 0.377. The van der Waals surface area contributed by atoms with E-state index in [0.717, 1.165) is 17.0 Å². The van der Waals surface area contributed by atoms with E-state index in [1.807, 2.05) is 26.2 Å². The van der Waals surface area contributed by atoms with Crippen LogP contribution in [-0.2, 0) is 5.75 Å². The van der Waals surface area contributed by atoms with Gasteiger partial charge >= 0.3 is 0 Å². The van der Waals surface area contributed by atoms with E-state index in [1.54, 1.807) is 18.0 Å². The molecule has 0 amide bonds. The lowest BCUT2D eigenvalue weighted by atomic mass is 10.2. The van der Waals surface area contributed by atoms with Crippen LogP contribution in [0.5, 0.6) is 0 Å². The number of hydrazone groups is 1. The van der Waals surface area contributed by atoms with Gasteiger partial charge < -0.3 is 4.90 Å². The minimum Gasteiger partial charge on any atom is -0.378 e. The molecule has 3 aromatic rings. The van der Waals surface area contributed by atoms with E-state index in [1.165, 1.54) is 11.1 Å². The molecule has 6 nitrogen and oxygen atoms in total. The normalized spacial score (nSPS) is 11.0. The van der Waals surface area contributed by atoms with Gasteiger partial charge in [-0.25, -0.2) is 10.5 Å². The van der Waals surface area contributed by atoms with Crippen molar-refractivity contribution >= 4 is 29.6 Å². The minimum atomic E-state index is 0.526. The number of anilines is 2. The largest absolute Gasteiger partial charge is 0.378 e. The molecular formula is C19H22N6S. The lowest BCUT2D eigenvalue weighted by molar-refractivity contribution is 0.972. The second-order valence-corrected chi connectivity index (χ2v) is 7.04. The molecule has 3 rings (SSSR count). The number of H-pyrrole nitrogens is 1. The van der Waals surface area contributed by atoms with Gasteiger partial charge in [-0.05, 0) is 30.2 Å². The van der Waals surface area contributed by atoms with E-state index < -0.39 is 0 Å². The van der Waals surface area contributed by atoms with Crippen molar-refractivity contribution in [2.45, 2.75) is 17.8 Å². The summed E-state index contributed by atoms with van der Waals surface area (Å²) < 4.78 is 0. The van der Waals surface area contributed by atoms with Gasteiger partial charge in [0.25, 0.3) is 0 Å². The molecule has 0 aliphatic heterocycles. The number of hydrogen-bond acceptors (Lipinski definition) is 6. The molecule has 2 aromatic carbocycles. The average Bonchev–Trinajstić information content (AvgIpc) is 3.09. The Kier molecular flexibility index (Phi) is 5.91. The molecule has 0 atom stereocenters. The Labute approximate surface area is 157 Å². The van der Waals surface area contributed by atoms with Crippen LogP contribution in [0.2, 0.25) is 0 Å². The number of aromatic nitrogens is 3. The van der Waals surface area contributed by atoms with Gasteiger partial charge in [0.05, 0.1) is 6.21 Å². The van der Waals surface area contributed by atoms with Crippen LogP contribution in [0.1, 0.15) is 16.7 Å².